The molecule has 0 unspecified atom stereocenters. The number of hydrogen-bond acceptors (Lipinski definition) is 6. The van der Waals surface area contributed by atoms with Crippen molar-refractivity contribution in [2.45, 2.75) is 25.2 Å². The van der Waals surface area contributed by atoms with Crippen LogP contribution in [-0.4, -0.2) is 49.7 Å². The van der Waals surface area contributed by atoms with Gasteiger partial charge in [-0.25, -0.2) is 4.98 Å². The minimum atomic E-state index is -0.0319. The van der Waals surface area contributed by atoms with E-state index in [9.17, 15) is 4.79 Å². The topological polar surface area (TPSA) is 74.0 Å². The molecule has 1 atom stereocenters. The maximum Gasteiger partial charge on any atom is 0.260 e. The molecule has 1 saturated heterocycles. The number of ether oxygens (including phenoxy) is 3. The number of hydrogen-bond donors (Lipinski definition) is 0. The number of methoxy groups -OCH3 is 2. The van der Waals surface area contributed by atoms with Crippen molar-refractivity contribution in [2.24, 2.45) is 0 Å². The molecule has 0 N–H and O–H groups in total. The summed E-state index contributed by atoms with van der Waals surface area (Å²) in [5, 5.41) is 0. The van der Waals surface area contributed by atoms with Crippen molar-refractivity contribution >= 4 is 5.91 Å². The van der Waals surface area contributed by atoms with Crippen LogP contribution in [0.25, 0.3) is 0 Å². The molecule has 3 aromatic rings. The highest BCUT2D eigenvalue weighted by molar-refractivity contribution is 5.78. The van der Waals surface area contributed by atoms with E-state index in [0.717, 1.165) is 42.2 Å². The molecular formula is C25H28N2O5. The van der Waals surface area contributed by atoms with E-state index < -0.39 is 0 Å². The van der Waals surface area contributed by atoms with Gasteiger partial charge in [0.05, 0.1) is 26.3 Å². The molecule has 2 aromatic carbocycles. The van der Waals surface area contributed by atoms with Crippen molar-refractivity contribution in [1.29, 1.82) is 0 Å². The van der Waals surface area contributed by atoms with Gasteiger partial charge in [0, 0.05) is 19.5 Å². The van der Waals surface area contributed by atoms with Crippen molar-refractivity contribution in [3.63, 3.8) is 0 Å². The number of oxazole rings is 1. The summed E-state index contributed by atoms with van der Waals surface area (Å²) >= 11 is 0. The molecular weight excluding hydrogens is 408 g/mol. The summed E-state index contributed by atoms with van der Waals surface area (Å²) in [6, 6.07) is 15.1. The fourth-order valence-electron chi connectivity index (χ4n) is 3.85. The largest absolute Gasteiger partial charge is 0.497 e. The van der Waals surface area contributed by atoms with Gasteiger partial charge in [-0.2, -0.15) is 0 Å². The lowest BCUT2D eigenvalue weighted by molar-refractivity contribution is -0.134. The van der Waals surface area contributed by atoms with Crippen LogP contribution in [-0.2, 0) is 11.2 Å². The predicted octanol–water partition coefficient (Wildman–Crippen LogP) is 4.07. The standard InChI is InChI=1S/C25H28N2O5/c1-29-20-7-5-18(6-8-20)14-23-15-26-25(32-23)19-4-3-13-27(16-19)24(28)17-31-22-11-9-21(30-2)10-12-22/h5-12,15,19H,3-4,13-14,16-17H2,1-2H3/t19-/m1/s1. The lowest BCUT2D eigenvalue weighted by atomic mass is 9.98. The Labute approximate surface area is 187 Å². The first-order valence-corrected chi connectivity index (χ1v) is 10.8. The average molecular weight is 437 g/mol. The number of carbonyl (C=O) groups is 1. The van der Waals surface area contributed by atoms with Gasteiger partial charge in [0.2, 0.25) is 0 Å². The number of rotatable bonds is 8. The molecule has 32 heavy (non-hydrogen) atoms. The Morgan fingerprint density at radius 2 is 1.69 bits per heavy atom. The molecule has 168 valence electrons. The van der Waals surface area contributed by atoms with E-state index in [4.69, 9.17) is 18.6 Å². The number of likely N-dealkylation sites (tertiary alicyclic amines) is 1. The molecule has 1 aliphatic heterocycles. The third kappa shape index (κ3) is 5.41. The monoisotopic (exact) mass is 436 g/mol. The van der Waals surface area contributed by atoms with Crippen LogP contribution >= 0.6 is 0 Å². The Hall–Kier alpha value is -3.48. The average Bonchev–Trinajstić information content (AvgIpc) is 3.32. The van der Waals surface area contributed by atoms with Crippen molar-refractivity contribution in [1.82, 2.24) is 9.88 Å². The Bertz CT molecular complexity index is 1010. The van der Waals surface area contributed by atoms with Crippen molar-refractivity contribution in [3.05, 3.63) is 71.9 Å². The van der Waals surface area contributed by atoms with Gasteiger partial charge in [0.1, 0.15) is 23.0 Å². The zero-order valence-electron chi connectivity index (χ0n) is 18.5. The molecule has 0 spiro atoms. The number of aromatic nitrogens is 1. The van der Waals surface area contributed by atoms with Gasteiger partial charge in [-0.05, 0) is 54.8 Å². The van der Waals surface area contributed by atoms with Crippen molar-refractivity contribution in [3.8, 4) is 17.2 Å². The third-order valence-corrected chi connectivity index (χ3v) is 5.65. The predicted molar refractivity (Wildman–Crippen MR) is 119 cm³/mol. The van der Waals surface area contributed by atoms with Crippen LogP contribution in [0.2, 0.25) is 0 Å². The van der Waals surface area contributed by atoms with Gasteiger partial charge in [0.25, 0.3) is 5.91 Å². The van der Waals surface area contributed by atoms with Crippen LogP contribution in [0.15, 0.2) is 59.1 Å². The molecule has 1 fully saturated rings. The molecule has 7 heteroatoms. The summed E-state index contributed by atoms with van der Waals surface area (Å²) in [5.41, 5.74) is 1.13. The smallest absolute Gasteiger partial charge is 0.260 e. The highest BCUT2D eigenvalue weighted by Crippen LogP contribution is 2.28. The second-order valence-corrected chi connectivity index (χ2v) is 7.83. The van der Waals surface area contributed by atoms with Crippen LogP contribution in [0.3, 0.4) is 0 Å². The van der Waals surface area contributed by atoms with Crippen LogP contribution in [0.1, 0.15) is 36.0 Å². The first kappa shape index (κ1) is 21.7. The summed E-state index contributed by atoms with van der Waals surface area (Å²) in [6.07, 6.45) is 4.32. The summed E-state index contributed by atoms with van der Waals surface area (Å²) < 4.78 is 22.0. The molecule has 0 bridgehead atoms. The van der Waals surface area contributed by atoms with E-state index in [1.54, 1.807) is 32.5 Å². The number of piperidine rings is 1. The number of amides is 1. The van der Waals surface area contributed by atoms with Gasteiger partial charge in [-0.3, -0.25) is 4.79 Å². The SMILES string of the molecule is COc1ccc(Cc2cnc([C@@H]3CCCN(C(=O)COc4ccc(OC)cc4)C3)o2)cc1. The van der Waals surface area contributed by atoms with Crippen molar-refractivity contribution < 1.29 is 23.4 Å². The van der Waals surface area contributed by atoms with Gasteiger partial charge in [-0.1, -0.05) is 12.1 Å². The molecule has 2 heterocycles. The molecule has 1 amide bonds. The van der Waals surface area contributed by atoms with Crippen molar-refractivity contribution in [2.75, 3.05) is 33.9 Å². The zero-order valence-corrected chi connectivity index (χ0v) is 18.5. The van der Waals surface area contributed by atoms with E-state index in [0.29, 0.717) is 24.6 Å². The van der Waals surface area contributed by atoms with E-state index in [1.165, 1.54) is 0 Å². The number of nitrogens with zero attached hydrogens (tertiary/aromatic N) is 2. The minimum absolute atomic E-state index is 0.00729. The van der Waals surface area contributed by atoms with E-state index >= 15 is 0 Å². The molecule has 0 radical (unpaired) electrons. The molecule has 1 aliphatic rings. The van der Waals surface area contributed by atoms with Gasteiger partial charge >= 0.3 is 0 Å². The van der Waals surface area contributed by atoms with E-state index in [-0.39, 0.29) is 18.4 Å². The Kier molecular flexibility index (Phi) is 6.94. The van der Waals surface area contributed by atoms with E-state index in [2.05, 4.69) is 4.98 Å². The highest BCUT2D eigenvalue weighted by atomic mass is 16.5. The zero-order chi connectivity index (χ0) is 22.3. The fraction of sp³-hybridized carbons (Fsp3) is 0.360. The lowest BCUT2D eigenvalue weighted by Crippen LogP contribution is -2.41. The normalized spacial score (nSPS) is 15.9. The van der Waals surface area contributed by atoms with Gasteiger partial charge < -0.3 is 23.5 Å². The molecule has 7 nitrogen and oxygen atoms in total. The summed E-state index contributed by atoms with van der Waals surface area (Å²) in [4.78, 5) is 19.0. The Morgan fingerprint density at radius 1 is 1.03 bits per heavy atom. The quantitative estimate of drug-likeness (QED) is 0.530. The summed E-state index contributed by atoms with van der Waals surface area (Å²) in [6.45, 7) is 1.32. The van der Waals surface area contributed by atoms with Crippen LogP contribution in [0.5, 0.6) is 17.2 Å². The highest BCUT2D eigenvalue weighted by Gasteiger charge is 2.28. The van der Waals surface area contributed by atoms with Crippen LogP contribution in [0, 0.1) is 0 Å². The maximum atomic E-state index is 12.7. The lowest BCUT2D eigenvalue weighted by Gasteiger charge is -2.31. The van der Waals surface area contributed by atoms with Gasteiger partial charge in [-0.15, -0.1) is 0 Å². The maximum absolute atomic E-state index is 12.7. The molecule has 0 saturated carbocycles. The fourth-order valence-corrected chi connectivity index (χ4v) is 3.85. The summed E-state index contributed by atoms with van der Waals surface area (Å²) in [7, 11) is 3.27. The Balaban J connectivity index is 1.31. The third-order valence-electron chi connectivity index (χ3n) is 5.65. The number of carbonyl (C=O) groups excluding carboxylic acids is 1. The second kappa shape index (κ2) is 10.2. The molecule has 0 aliphatic carbocycles. The molecule has 4 rings (SSSR count). The molecule has 1 aromatic heterocycles. The first-order chi connectivity index (χ1) is 15.6. The first-order valence-electron chi connectivity index (χ1n) is 10.8. The second-order valence-electron chi connectivity index (χ2n) is 7.83. The van der Waals surface area contributed by atoms with Crippen LogP contribution in [0.4, 0.5) is 0 Å². The minimum Gasteiger partial charge on any atom is -0.497 e. The van der Waals surface area contributed by atoms with E-state index in [1.807, 2.05) is 41.3 Å². The Morgan fingerprint density at radius 3 is 2.38 bits per heavy atom. The van der Waals surface area contributed by atoms with Gasteiger partial charge in [0.15, 0.2) is 12.5 Å². The number of benzene rings is 2. The summed E-state index contributed by atoms with van der Waals surface area (Å²) in [5.74, 6) is 3.80. The van der Waals surface area contributed by atoms with Crippen LogP contribution < -0.4 is 14.2 Å².